The third-order valence-corrected chi connectivity index (χ3v) is 3.81. The lowest BCUT2D eigenvalue weighted by molar-refractivity contribution is -0.171. The zero-order chi connectivity index (χ0) is 11.2. The molecule has 0 aromatic heterocycles. The van der Waals surface area contributed by atoms with Crippen LogP contribution in [0.25, 0.3) is 0 Å². The highest BCUT2D eigenvalue weighted by Crippen LogP contribution is 2.29. The summed E-state index contributed by atoms with van der Waals surface area (Å²) < 4.78 is 11.4. The van der Waals surface area contributed by atoms with Gasteiger partial charge in [0.05, 0.1) is 6.61 Å². The van der Waals surface area contributed by atoms with Crippen LogP contribution in [0.5, 0.6) is 0 Å². The monoisotopic (exact) mass is 228 g/mol. The first-order chi connectivity index (χ1) is 7.88. The Labute approximate surface area is 98.1 Å². The molecule has 0 bridgehead atoms. The number of aliphatic hydroxyl groups excluding tert-OH is 1. The van der Waals surface area contributed by atoms with E-state index in [-0.39, 0.29) is 6.29 Å². The van der Waals surface area contributed by atoms with E-state index in [9.17, 15) is 0 Å². The molecule has 1 aliphatic carbocycles. The van der Waals surface area contributed by atoms with Gasteiger partial charge in [0.25, 0.3) is 0 Å². The van der Waals surface area contributed by atoms with E-state index < -0.39 is 0 Å². The van der Waals surface area contributed by atoms with Crippen molar-refractivity contribution < 1.29 is 14.6 Å². The van der Waals surface area contributed by atoms with Crippen LogP contribution in [0.1, 0.15) is 44.9 Å². The van der Waals surface area contributed by atoms with Crippen molar-refractivity contribution in [3.63, 3.8) is 0 Å². The maximum Gasteiger partial charge on any atom is 0.157 e. The van der Waals surface area contributed by atoms with E-state index in [1.54, 1.807) is 0 Å². The molecule has 1 saturated heterocycles. The SMILES string of the molecule is OCC1CCC[C@H](COC2CCCCO2)C1. The summed E-state index contributed by atoms with van der Waals surface area (Å²) in [5.74, 6) is 1.14. The van der Waals surface area contributed by atoms with Gasteiger partial charge in [0.15, 0.2) is 6.29 Å². The van der Waals surface area contributed by atoms with Crippen molar-refractivity contribution in [1.82, 2.24) is 0 Å². The molecule has 2 fully saturated rings. The Balaban J connectivity index is 1.64. The Morgan fingerprint density at radius 1 is 1.06 bits per heavy atom. The topological polar surface area (TPSA) is 38.7 Å². The van der Waals surface area contributed by atoms with Crippen molar-refractivity contribution in [1.29, 1.82) is 0 Å². The summed E-state index contributed by atoms with van der Waals surface area (Å²) in [7, 11) is 0. The Bertz CT molecular complexity index is 190. The van der Waals surface area contributed by atoms with E-state index in [0.29, 0.717) is 18.4 Å². The summed E-state index contributed by atoms with van der Waals surface area (Å²) in [5.41, 5.74) is 0. The standard InChI is InChI=1S/C13H24O3/c14-9-11-4-3-5-12(8-11)10-16-13-6-1-2-7-15-13/h11-14H,1-10H2/t11?,12-,13?/m0/s1. The van der Waals surface area contributed by atoms with E-state index in [2.05, 4.69) is 0 Å². The fourth-order valence-electron chi connectivity index (χ4n) is 2.81. The van der Waals surface area contributed by atoms with Crippen LogP contribution < -0.4 is 0 Å². The van der Waals surface area contributed by atoms with E-state index in [1.807, 2.05) is 0 Å². The van der Waals surface area contributed by atoms with Gasteiger partial charge in [0.2, 0.25) is 0 Å². The highest BCUT2D eigenvalue weighted by Gasteiger charge is 2.23. The molecule has 1 aliphatic heterocycles. The van der Waals surface area contributed by atoms with Gasteiger partial charge < -0.3 is 14.6 Å². The molecular formula is C13H24O3. The third-order valence-electron chi connectivity index (χ3n) is 3.81. The molecule has 0 spiro atoms. The van der Waals surface area contributed by atoms with Gasteiger partial charge in [-0.05, 0) is 50.4 Å². The van der Waals surface area contributed by atoms with Gasteiger partial charge in [0, 0.05) is 13.2 Å². The average Bonchev–Trinajstić information content (AvgIpc) is 2.38. The summed E-state index contributed by atoms with van der Waals surface area (Å²) in [6.07, 6.45) is 8.31. The molecule has 3 nitrogen and oxygen atoms in total. The summed E-state index contributed by atoms with van der Waals surface area (Å²) >= 11 is 0. The van der Waals surface area contributed by atoms with Crippen LogP contribution in [0.2, 0.25) is 0 Å². The second-order valence-electron chi connectivity index (χ2n) is 5.21. The Hall–Kier alpha value is -0.120. The molecule has 2 aliphatic rings. The first-order valence-electron chi connectivity index (χ1n) is 6.72. The molecule has 0 aromatic rings. The van der Waals surface area contributed by atoms with Crippen LogP contribution in [0.4, 0.5) is 0 Å². The molecule has 2 rings (SSSR count). The second kappa shape index (κ2) is 6.58. The molecular weight excluding hydrogens is 204 g/mol. The number of ether oxygens (including phenoxy) is 2. The molecule has 94 valence electrons. The number of hydrogen-bond donors (Lipinski definition) is 1. The third kappa shape index (κ3) is 3.72. The second-order valence-corrected chi connectivity index (χ2v) is 5.21. The lowest BCUT2D eigenvalue weighted by Crippen LogP contribution is -2.27. The highest BCUT2D eigenvalue weighted by molar-refractivity contribution is 4.72. The van der Waals surface area contributed by atoms with Gasteiger partial charge >= 0.3 is 0 Å². The largest absolute Gasteiger partial charge is 0.396 e. The quantitative estimate of drug-likeness (QED) is 0.802. The van der Waals surface area contributed by atoms with E-state index in [0.717, 1.165) is 26.1 Å². The smallest absolute Gasteiger partial charge is 0.157 e. The van der Waals surface area contributed by atoms with Crippen molar-refractivity contribution in [3.8, 4) is 0 Å². The van der Waals surface area contributed by atoms with Crippen molar-refractivity contribution in [2.45, 2.75) is 51.2 Å². The molecule has 3 atom stereocenters. The zero-order valence-electron chi connectivity index (χ0n) is 10.1. The molecule has 1 N–H and O–H groups in total. The van der Waals surface area contributed by atoms with Crippen molar-refractivity contribution >= 4 is 0 Å². The first-order valence-corrected chi connectivity index (χ1v) is 6.72. The minimum absolute atomic E-state index is 0.0447. The summed E-state index contributed by atoms with van der Waals surface area (Å²) in [6, 6.07) is 0. The van der Waals surface area contributed by atoms with Crippen molar-refractivity contribution in [2.75, 3.05) is 19.8 Å². The lowest BCUT2D eigenvalue weighted by Gasteiger charge is -2.30. The van der Waals surface area contributed by atoms with Gasteiger partial charge in [-0.15, -0.1) is 0 Å². The van der Waals surface area contributed by atoms with Gasteiger partial charge in [-0.3, -0.25) is 0 Å². The van der Waals surface area contributed by atoms with Crippen LogP contribution in [0, 0.1) is 11.8 Å². The van der Waals surface area contributed by atoms with Crippen LogP contribution in [0.3, 0.4) is 0 Å². The van der Waals surface area contributed by atoms with Gasteiger partial charge in [-0.1, -0.05) is 6.42 Å². The summed E-state index contributed by atoms with van der Waals surface area (Å²) in [5, 5.41) is 9.16. The van der Waals surface area contributed by atoms with Crippen LogP contribution in [0.15, 0.2) is 0 Å². The highest BCUT2D eigenvalue weighted by atomic mass is 16.7. The molecule has 1 saturated carbocycles. The van der Waals surface area contributed by atoms with Crippen molar-refractivity contribution in [3.05, 3.63) is 0 Å². The Morgan fingerprint density at radius 2 is 1.94 bits per heavy atom. The number of hydrogen-bond acceptors (Lipinski definition) is 3. The summed E-state index contributed by atoms with van der Waals surface area (Å²) in [4.78, 5) is 0. The molecule has 0 amide bonds. The Morgan fingerprint density at radius 3 is 2.69 bits per heavy atom. The van der Waals surface area contributed by atoms with E-state index >= 15 is 0 Å². The van der Waals surface area contributed by atoms with E-state index in [4.69, 9.17) is 14.6 Å². The number of rotatable bonds is 4. The molecule has 0 aromatic carbocycles. The first kappa shape index (κ1) is 12.3. The molecule has 16 heavy (non-hydrogen) atoms. The summed E-state index contributed by atoms with van der Waals surface area (Å²) in [6.45, 7) is 2.02. The maximum atomic E-state index is 9.16. The lowest BCUT2D eigenvalue weighted by atomic mass is 9.82. The van der Waals surface area contributed by atoms with Gasteiger partial charge in [-0.2, -0.15) is 0 Å². The molecule has 1 heterocycles. The van der Waals surface area contributed by atoms with Crippen LogP contribution in [-0.4, -0.2) is 31.2 Å². The minimum Gasteiger partial charge on any atom is -0.396 e. The molecule has 3 heteroatoms. The van der Waals surface area contributed by atoms with Gasteiger partial charge in [-0.25, -0.2) is 0 Å². The fourth-order valence-corrected chi connectivity index (χ4v) is 2.81. The Kier molecular flexibility index (Phi) is 5.07. The predicted molar refractivity (Wildman–Crippen MR) is 62.1 cm³/mol. The normalized spacial score (nSPS) is 36.2. The molecule has 2 unspecified atom stereocenters. The average molecular weight is 228 g/mol. The molecule has 0 radical (unpaired) electrons. The van der Waals surface area contributed by atoms with Gasteiger partial charge in [0.1, 0.15) is 0 Å². The number of aliphatic hydroxyl groups is 1. The van der Waals surface area contributed by atoms with Crippen molar-refractivity contribution in [2.24, 2.45) is 11.8 Å². The van der Waals surface area contributed by atoms with Crippen LogP contribution >= 0.6 is 0 Å². The minimum atomic E-state index is 0.0447. The van der Waals surface area contributed by atoms with E-state index in [1.165, 1.54) is 32.1 Å². The van der Waals surface area contributed by atoms with Crippen LogP contribution in [-0.2, 0) is 9.47 Å². The zero-order valence-corrected chi connectivity index (χ0v) is 10.1. The predicted octanol–water partition coefficient (Wildman–Crippen LogP) is 2.33. The fraction of sp³-hybridized carbons (Fsp3) is 1.00. The maximum absolute atomic E-state index is 9.16.